The first kappa shape index (κ1) is 9.15. The molecule has 0 aliphatic carbocycles. The van der Waals surface area contributed by atoms with E-state index in [1.807, 2.05) is 7.05 Å². The summed E-state index contributed by atoms with van der Waals surface area (Å²) >= 11 is 0. The minimum atomic E-state index is -0.269. The largest absolute Gasteiger partial charge is 0.353 e. The van der Waals surface area contributed by atoms with Gasteiger partial charge in [-0.3, -0.25) is 4.79 Å². The van der Waals surface area contributed by atoms with Gasteiger partial charge in [-0.05, 0) is 24.3 Å². The molecule has 1 N–H and O–H groups in total. The lowest BCUT2D eigenvalue weighted by atomic mass is 10.2. The normalized spacial score (nSPS) is 11.4. The molecule has 0 spiro atoms. The Kier molecular flexibility index (Phi) is 1.68. The van der Waals surface area contributed by atoms with Gasteiger partial charge in [0.1, 0.15) is 5.82 Å². The number of rotatable bonds is 1. The fourth-order valence-corrected chi connectivity index (χ4v) is 2.13. The molecule has 0 aliphatic rings. The van der Waals surface area contributed by atoms with Crippen LogP contribution in [0.5, 0.6) is 0 Å². The fraction of sp³-hybridized carbons (Fsp3) is 0.0833. The van der Waals surface area contributed by atoms with E-state index in [1.165, 1.54) is 12.1 Å². The van der Waals surface area contributed by atoms with Crippen molar-refractivity contribution in [2.45, 2.75) is 0 Å². The number of halogens is 1. The Labute approximate surface area is 90.5 Å². The van der Waals surface area contributed by atoms with Crippen molar-refractivity contribution in [1.29, 1.82) is 0 Å². The van der Waals surface area contributed by atoms with E-state index in [1.54, 1.807) is 16.7 Å². The molecule has 16 heavy (non-hydrogen) atoms. The number of carbonyl (C=O) groups is 1. The molecule has 2 heterocycles. The molecular weight excluding hydrogens is 207 g/mol. The summed E-state index contributed by atoms with van der Waals surface area (Å²) in [5.41, 5.74) is 3.13. The van der Waals surface area contributed by atoms with E-state index in [0.717, 1.165) is 28.2 Å². The van der Waals surface area contributed by atoms with Crippen molar-refractivity contribution in [3.63, 3.8) is 0 Å². The Morgan fingerprint density at radius 1 is 1.31 bits per heavy atom. The molecule has 0 radical (unpaired) electrons. The van der Waals surface area contributed by atoms with Crippen LogP contribution >= 0.6 is 0 Å². The Balaban J connectivity index is 2.51. The predicted octanol–water partition coefficient (Wildman–Crippen LogP) is 2.61. The summed E-state index contributed by atoms with van der Waals surface area (Å²) < 4.78 is 14.8. The summed E-state index contributed by atoms with van der Waals surface area (Å²) in [5, 5.41) is 0.923. The fourth-order valence-electron chi connectivity index (χ4n) is 2.13. The monoisotopic (exact) mass is 216 g/mol. The van der Waals surface area contributed by atoms with E-state index in [-0.39, 0.29) is 5.82 Å². The molecule has 80 valence electrons. The molecule has 2 aromatic heterocycles. The van der Waals surface area contributed by atoms with Crippen LogP contribution in [0.25, 0.3) is 21.9 Å². The second-order valence-electron chi connectivity index (χ2n) is 3.82. The molecule has 0 bridgehead atoms. The topological polar surface area (TPSA) is 37.8 Å². The highest BCUT2D eigenvalue weighted by Gasteiger charge is 2.11. The van der Waals surface area contributed by atoms with Crippen LogP contribution in [0.2, 0.25) is 0 Å². The van der Waals surface area contributed by atoms with Crippen LogP contribution in [-0.4, -0.2) is 15.8 Å². The van der Waals surface area contributed by atoms with Gasteiger partial charge >= 0.3 is 0 Å². The number of H-pyrrole nitrogens is 1. The molecule has 0 saturated heterocycles. The van der Waals surface area contributed by atoms with Gasteiger partial charge in [0.15, 0.2) is 6.29 Å². The highest BCUT2D eigenvalue weighted by Crippen LogP contribution is 2.27. The minimum absolute atomic E-state index is 0.269. The van der Waals surface area contributed by atoms with Crippen molar-refractivity contribution in [3.8, 4) is 0 Å². The van der Waals surface area contributed by atoms with Gasteiger partial charge in [0.05, 0.1) is 22.2 Å². The van der Waals surface area contributed by atoms with Crippen molar-refractivity contribution in [2.24, 2.45) is 7.05 Å². The highest BCUT2D eigenvalue weighted by molar-refractivity contribution is 6.07. The summed E-state index contributed by atoms with van der Waals surface area (Å²) in [6.07, 6.45) is 0.809. The third kappa shape index (κ3) is 1.04. The van der Waals surface area contributed by atoms with Crippen molar-refractivity contribution < 1.29 is 9.18 Å². The molecule has 0 aliphatic heterocycles. The first-order valence-corrected chi connectivity index (χ1v) is 4.92. The van der Waals surface area contributed by atoms with Gasteiger partial charge in [0.25, 0.3) is 0 Å². The van der Waals surface area contributed by atoms with Gasteiger partial charge < -0.3 is 9.55 Å². The van der Waals surface area contributed by atoms with E-state index in [4.69, 9.17) is 0 Å². The maximum absolute atomic E-state index is 13.0. The molecular formula is C12H9FN2O. The van der Waals surface area contributed by atoms with Gasteiger partial charge in [-0.15, -0.1) is 0 Å². The van der Waals surface area contributed by atoms with Crippen LogP contribution in [0.3, 0.4) is 0 Å². The van der Waals surface area contributed by atoms with Crippen molar-refractivity contribution >= 4 is 28.2 Å². The number of hydrogen-bond donors (Lipinski definition) is 1. The lowest BCUT2D eigenvalue weighted by molar-refractivity contribution is 0.111. The summed E-state index contributed by atoms with van der Waals surface area (Å²) in [5.74, 6) is -0.269. The molecule has 0 atom stereocenters. The number of fused-ring (bicyclic) bond motifs is 3. The van der Waals surface area contributed by atoms with Crippen LogP contribution in [-0.2, 0) is 7.05 Å². The standard InChI is InChI=1S/C12H9FN2O/c1-15-8(6-16)5-11-12(15)9-3-2-7(13)4-10(9)14-11/h2-6,14H,1H3. The molecule has 4 heteroatoms. The molecule has 0 saturated carbocycles. The summed E-state index contributed by atoms with van der Waals surface area (Å²) in [4.78, 5) is 13.9. The van der Waals surface area contributed by atoms with Crippen LogP contribution < -0.4 is 0 Å². The Bertz CT molecular complexity index is 709. The Morgan fingerprint density at radius 3 is 2.88 bits per heavy atom. The summed E-state index contributed by atoms with van der Waals surface area (Å²) in [6, 6.07) is 6.36. The number of nitrogens with zero attached hydrogens (tertiary/aromatic N) is 1. The molecule has 0 unspecified atom stereocenters. The average Bonchev–Trinajstić information content (AvgIpc) is 2.75. The molecule has 3 nitrogen and oxygen atoms in total. The van der Waals surface area contributed by atoms with Crippen molar-refractivity contribution in [3.05, 3.63) is 35.8 Å². The highest BCUT2D eigenvalue weighted by atomic mass is 19.1. The average molecular weight is 216 g/mol. The van der Waals surface area contributed by atoms with Crippen LogP contribution in [0.15, 0.2) is 24.3 Å². The summed E-state index contributed by atoms with van der Waals surface area (Å²) in [7, 11) is 1.82. The predicted molar refractivity (Wildman–Crippen MR) is 60.1 cm³/mol. The first-order chi connectivity index (χ1) is 7.70. The Morgan fingerprint density at radius 2 is 2.12 bits per heavy atom. The van der Waals surface area contributed by atoms with Crippen LogP contribution in [0.1, 0.15) is 10.5 Å². The zero-order chi connectivity index (χ0) is 11.3. The smallest absolute Gasteiger partial charge is 0.166 e. The van der Waals surface area contributed by atoms with Gasteiger partial charge in [0, 0.05) is 12.4 Å². The number of benzene rings is 1. The third-order valence-corrected chi connectivity index (χ3v) is 2.90. The minimum Gasteiger partial charge on any atom is -0.353 e. The van der Waals surface area contributed by atoms with Gasteiger partial charge in [-0.25, -0.2) is 4.39 Å². The zero-order valence-electron chi connectivity index (χ0n) is 8.62. The van der Waals surface area contributed by atoms with Crippen molar-refractivity contribution in [2.75, 3.05) is 0 Å². The molecule has 3 aromatic rings. The van der Waals surface area contributed by atoms with Crippen LogP contribution in [0.4, 0.5) is 4.39 Å². The molecule has 0 amide bonds. The van der Waals surface area contributed by atoms with Crippen LogP contribution in [0, 0.1) is 5.82 Å². The number of nitrogens with one attached hydrogen (secondary N) is 1. The quantitative estimate of drug-likeness (QED) is 0.624. The molecule has 3 rings (SSSR count). The Hall–Kier alpha value is -2.10. The van der Waals surface area contributed by atoms with Gasteiger partial charge in [-0.2, -0.15) is 0 Å². The number of hydrogen-bond acceptors (Lipinski definition) is 1. The molecule has 0 fully saturated rings. The summed E-state index contributed by atoms with van der Waals surface area (Å²) in [6.45, 7) is 0. The maximum Gasteiger partial charge on any atom is 0.166 e. The molecule has 1 aromatic carbocycles. The van der Waals surface area contributed by atoms with E-state index in [9.17, 15) is 9.18 Å². The van der Waals surface area contributed by atoms with Gasteiger partial charge in [-0.1, -0.05) is 0 Å². The number of carbonyl (C=O) groups excluding carboxylic acids is 1. The maximum atomic E-state index is 13.0. The second kappa shape index (κ2) is 2.95. The second-order valence-corrected chi connectivity index (χ2v) is 3.82. The first-order valence-electron chi connectivity index (χ1n) is 4.92. The van der Waals surface area contributed by atoms with Crippen molar-refractivity contribution in [1.82, 2.24) is 9.55 Å². The lowest BCUT2D eigenvalue weighted by Crippen LogP contribution is -1.93. The number of aromatic amines is 1. The van der Waals surface area contributed by atoms with E-state index < -0.39 is 0 Å². The zero-order valence-corrected chi connectivity index (χ0v) is 8.62. The SMILES string of the molecule is Cn1c(C=O)cc2[nH]c3cc(F)ccc3c21. The number of aldehydes is 1. The van der Waals surface area contributed by atoms with E-state index in [2.05, 4.69) is 4.98 Å². The number of aryl methyl sites for hydroxylation is 1. The van der Waals surface area contributed by atoms with Gasteiger partial charge in [0.2, 0.25) is 0 Å². The third-order valence-electron chi connectivity index (χ3n) is 2.90. The lowest BCUT2D eigenvalue weighted by Gasteiger charge is -1.97. The number of aromatic nitrogens is 2. The van der Waals surface area contributed by atoms with E-state index in [0.29, 0.717) is 5.69 Å². The van der Waals surface area contributed by atoms with E-state index >= 15 is 0 Å².